The maximum absolute atomic E-state index is 13.1. The van der Waals surface area contributed by atoms with Crippen LogP contribution in [0.4, 0.5) is 10.1 Å². The van der Waals surface area contributed by atoms with Gasteiger partial charge in [0.25, 0.3) is 0 Å². The fraction of sp³-hybridized carbons (Fsp3) is 0.300. The van der Waals surface area contributed by atoms with Crippen molar-refractivity contribution in [2.24, 2.45) is 4.99 Å². The number of hydrogen-bond donors (Lipinski definition) is 1. The second kappa shape index (κ2) is 4.37. The lowest BCUT2D eigenvalue weighted by Crippen LogP contribution is -2.08. The van der Waals surface area contributed by atoms with E-state index in [1.165, 1.54) is 12.1 Å². The number of aliphatic imine (C=N–C) groups is 1. The molecule has 1 aliphatic heterocycles. The van der Waals surface area contributed by atoms with Crippen molar-refractivity contribution in [2.45, 2.75) is 12.8 Å². The zero-order valence-corrected chi connectivity index (χ0v) is 9.37. The van der Waals surface area contributed by atoms with Gasteiger partial charge in [-0.15, -0.1) is 0 Å². The van der Waals surface area contributed by atoms with Crippen molar-refractivity contribution in [1.82, 2.24) is 0 Å². The molecule has 2 rings (SSSR count). The zero-order valence-electron chi connectivity index (χ0n) is 7.86. The van der Waals surface area contributed by atoms with Gasteiger partial charge in [0, 0.05) is 18.7 Å². The van der Waals surface area contributed by atoms with Gasteiger partial charge in [0.15, 0.2) is 5.82 Å². The molecule has 0 saturated heterocycles. The van der Waals surface area contributed by atoms with Crippen LogP contribution in [0, 0.1) is 5.82 Å². The number of anilines is 1. The summed E-state index contributed by atoms with van der Waals surface area (Å²) in [6.07, 6.45) is 1.96. The van der Waals surface area contributed by atoms with Crippen LogP contribution in [0.15, 0.2) is 17.1 Å². The van der Waals surface area contributed by atoms with Crippen LogP contribution in [-0.4, -0.2) is 12.4 Å². The van der Waals surface area contributed by atoms with E-state index in [1.54, 1.807) is 0 Å². The fourth-order valence-corrected chi connectivity index (χ4v) is 1.92. The number of rotatable bonds is 1. The molecule has 1 heterocycles. The second-order valence-electron chi connectivity index (χ2n) is 3.31. The minimum atomic E-state index is -0.586. The summed E-state index contributed by atoms with van der Waals surface area (Å²) in [6, 6.07) is 3.01. The van der Waals surface area contributed by atoms with Crippen LogP contribution in [0.5, 0.6) is 0 Å². The van der Waals surface area contributed by atoms with Gasteiger partial charge in [-0.05, 0) is 18.6 Å². The van der Waals surface area contributed by atoms with Crippen LogP contribution in [-0.2, 0) is 0 Å². The normalized spacial score (nSPS) is 15.3. The third-order valence-corrected chi connectivity index (χ3v) is 2.70. The van der Waals surface area contributed by atoms with E-state index in [9.17, 15) is 4.39 Å². The maximum atomic E-state index is 13.1. The monoisotopic (exact) mass is 246 g/mol. The van der Waals surface area contributed by atoms with Crippen molar-refractivity contribution < 1.29 is 4.39 Å². The van der Waals surface area contributed by atoms with E-state index in [-0.39, 0.29) is 10.0 Å². The standard InChI is InChI=1S/C10H9Cl2FN2/c11-7-4-6(5-8(12)10(7)13)15-9-2-1-3-14-9/h4-5H,1-3H2,(H,14,15). The van der Waals surface area contributed by atoms with Crippen LogP contribution < -0.4 is 5.32 Å². The molecule has 1 aliphatic rings. The van der Waals surface area contributed by atoms with Crippen LogP contribution in [0.25, 0.3) is 0 Å². The molecule has 2 nitrogen and oxygen atoms in total. The molecule has 1 aromatic carbocycles. The molecule has 0 atom stereocenters. The Balaban J connectivity index is 2.22. The van der Waals surface area contributed by atoms with Crippen molar-refractivity contribution in [3.63, 3.8) is 0 Å². The molecule has 0 unspecified atom stereocenters. The summed E-state index contributed by atoms with van der Waals surface area (Å²) in [4.78, 5) is 4.24. The average molecular weight is 247 g/mol. The molecule has 0 aromatic heterocycles. The number of halogens is 3. The predicted molar refractivity (Wildman–Crippen MR) is 61.6 cm³/mol. The molecule has 0 radical (unpaired) electrons. The van der Waals surface area contributed by atoms with Gasteiger partial charge in [0.2, 0.25) is 0 Å². The Hall–Kier alpha value is -0.800. The smallest absolute Gasteiger partial charge is 0.160 e. The first-order valence-electron chi connectivity index (χ1n) is 4.62. The van der Waals surface area contributed by atoms with Gasteiger partial charge >= 0.3 is 0 Å². The molecule has 80 valence electrons. The number of hydrogen-bond acceptors (Lipinski definition) is 2. The molecular formula is C10H9Cl2FN2. The third-order valence-electron chi connectivity index (χ3n) is 2.15. The molecule has 5 heteroatoms. The highest BCUT2D eigenvalue weighted by Gasteiger charge is 2.10. The van der Waals surface area contributed by atoms with Crippen LogP contribution in [0.3, 0.4) is 0 Å². The quantitative estimate of drug-likeness (QED) is 0.751. The van der Waals surface area contributed by atoms with E-state index in [1.807, 2.05) is 0 Å². The van der Waals surface area contributed by atoms with Gasteiger partial charge < -0.3 is 5.32 Å². The lowest BCUT2D eigenvalue weighted by atomic mass is 10.3. The summed E-state index contributed by atoms with van der Waals surface area (Å²) in [6.45, 7) is 0.838. The number of benzene rings is 1. The van der Waals surface area contributed by atoms with Crippen LogP contribution in [0.2, 0.25) is 10.0 Å². The minimum Gasteiger partial charge on any atom is -0.344 e. The van der Waals surface area contributed by atoms with Crippen molar-refractivity contribution in [3.05, 3.63) is 28.0 Å². The Morgan fingerprint density at radius 1 is 1.27 bits per heavy atom. The lowest BCUT2D eigenvalue weighted by Gasteiger charge is -2.07. The van der Waals surface area contributed by atoms with Gasteiger partial charge in [0.05, 0.1) is 10.0 Å². The Kier molecular flexibility index (Phi) is 3.12. The molecule has 0 saturated carbocycles. The average Bonchev–Trinajstić information content (AvgIpc) is 2.66. The van der Waals surface area contributed by atoms with E-state index in [0.717, 1.165) is 25.2 Å². The first kappa shape index (κ1) is 10.7. The Morgan fingerprint density at radius 3 is 2.47 bits per heavy atom. The largest absolute Gasteiger partial charge is 0.344 e. The Morgan fingerprint density at radius 2 is 1.93 bits per heavy atom. The highest BCUT2D eigenvalue weighted by atomic mass is 35.5. The lowest BCUT2D eigenvalue weighted by molar-refractivity contribution is 0.629. The molecule has 1 N–H and O–H groups in total. The first-order chi connectivity index (χ1) is 7.16. The molecule has 0 aliphatic carbocycles. The molecule has 0 amide bonds. The summed E-state index contributed by atoms with van der Waals surface area (Å²) in [5.74, 6) is 0.311. The fourth-order valence-electron chi connectivity index (χ4n) is 1.44. The molecule has 1 aromatic rings. The van der Waals surface area contributed by atoms with E-state index < -0.39 is 5.82 Å². The van der Waals surface area contributed by atoms with Crippen molar-refractivity contribution in [3.8, 4) is 0 Å². The summed E-state index contributed by atoms with van der Waals surface area (Å²) in [5.41, 5.74) is 0.673. The van der Waals surface area contributed by atoms with Crippen LogP contribution >= 0.6 is 23.2 Å². The summed E-state index contributed by atoms with van der Waals surface area (Å²) < 4.78 is 13.1. The van der Waals surface area contributed by atoms with E-state index in [0.29, 0.717) is 5.69 Å². The predicted octanol–water partition coefficient (Wildman–Crippen LogP) is 3.74. The number of amidine groups is 1. The number of nitrogens with zero attached hydrogens (tertiary/aromatic N) is 1. The number of nitrogens with one attached hydrogen (secondary N) is 1. The molecule has 15 heavy (non-hydrogen) atoms. The van der Waals surface area contributed by atoms with E-state index in [4.69, 9.17) is 23.2 Å². The second-order valence-corrected chi connectivity index (χ2v) is 4.13. The van der Waals surface area contributed by atoms with Gasteiger partial charge in [-0.3, -0.25) is 4.99 Å². The van der Waals surface area contributed by atoms with Crippen molar-refractivity contribution >= 4 is 34.7 Å². The van der Waals surface area contributed by atoms with Crippen molar-refractivity contribution in [2.75, 3.05) is 11.9 Å². The topological polar surface area (TPSA) is 24.4 Å². The first-order valence-corrected chi connectivity index (χ1v) is 5.37. The maximum Gasteiger partial charge on any atom is 0.160 e. The highest BCUT2D eigenvalue weighted by molar-refractivity contribution is 6.35. The molecule has 0 fully saturated rings. The SMILES string of the molecule is Fc1c(Cl)cc(NC2=NCCC2)cc1Cl. The molecule has 0 bridgehead atoms. The van der Waals surface area contributed by atoms with E-state index in [2.05, 4.69) is 10.3 Å². The third kappa shape index (κ3) is 2.41. The highest BCUT2D eigenvalue weighted by Crippen LogP contribution is 2.27. The van der Waals surface area contributed by atoms with Gasteiger partial charge in [-0.1, -0.05) is 23.2 Å². The van der Waals surface area contributed by atoms with Crippen LogP contribution in [0.1, 0.15) is 12.8 Å². The molecule has 0 spiro atoms. The van der Waals surface area contributed by atoms with Gasteiger partial charge in [-0.2, -0.15) is 0 Å². The van der Waals surface area contributed by atoms with E-state index >= 15 is 0 Å². The Bertz CT molecular complexity index is 395. The van der Waals surface area contributed by atoms with Crippen molar-refractivity contribution in [1.29, 1.82) is 0 Å². The Labute approximate surface area is 97.1 Å². The summed E-state index contributed by atoms with van der Waals surface area (Å²) in [5, 5.41) is 3.10. The molecular weight excluding hydrogens is 238 g/mol. The minimum absolute atomic E-state index is 0.0172. The zero-order chi connectivity index (χ0) is 10.8. The summed E-state index contributed by atoms with van der Waals surface area (Å²) >= 11 is 11.3. The summed E-state index contributed by atoms with van der Waals surface area (Å²) in [7, 11) is 0. The van der Waals surface area contributed by atoms with Gasteiger partial charge in [-0.25, -0.2) is 4.39 Å². The van der Waals surface area contributed by atoms with Gasteiger partial charge in [0.1, 0.15) is 5.84 Å².